The molecular weight excluding hydrogens is 270 g/mol. The summed E-state index contributed by atoms with van der Waals surface area (Å²) in [6.45, 7) is 7.27. The number of halogens is 3. The molecule has 2 rings (SSSR count). The largest absolute Gasteiger partial charge is 0.314 e. The predicted octanol–water partition coefficient (Wildman–Crippen LogP) is 2.91. The van der Waals surface area contributed by atoms with E-state index in [4.69, 9.17) is 0 Å². The van der Waals surface area contributed by atoms with Gasteiger partial charge in [0.15, 0.2) is 0 Å². The lowest BCUT2D eigenvalue weighted by Gasteiger charge is -2.34. The zero-order valence-corrected chi connectivity index (χ0v) is 11.6. The van der Waals surface area contributed by atoms with Crippen molar-refractivity contribution in [3.63, 3.8) is 0 Å². The van der Waals surface area contributed by atoms with Crippen LogP contribution >= 0.6 is 12.4 Å². The fraction of sp³-hybridized carbons (Fsp3) is 0.429. The van der Waals surface area contributed by atoms with Gasteiger partial charge in [0.1, 0.15) is 11.6 Å². The summed E-state index contributed by atoms with van der Waals surface area (Å²) < 4.78 is 26.8. The van der Waals surface area contributed by atoms with Gasteiger partial charge in [0.05, 0.1) is 0 Å². The summed E-state index contributed by atoms with van der Waals surface area (Å²) in [5.41, 5.74) is 0.554. The van der Waals surface area contributed by atoms with E-state index < -0.39 is 11.6 Å². The number of nitrogens with zero attached hydrogens (tertiary/aromatic N) is 1. The average Bonchev–Trinajstić information content (AvgIpc) is 2.38. The fourth-order valence-corrected chi connectivity index (χ4v) is 2.40. The quantitative estimate of drug-likeness (QED) is 0.857. The van der Waals surface area contributed by atoms with Crippen molar-refractivity contribution in [1.29, 1.82) is 0 Å². The third kappa shape index (κ3) is 4.00. The molecule has 1 fully saturated rings. The SMILES string of the molecule is C=CC[C@H](c1ccc(F)cc1F)N1CCNCC1.Cl. The molecule has 0 saturated carbocycles. The van der Waals surface area contributed by atoms with E-state index in [1.807, 2.05) is 0 Å². The molecule has 106 valence electrons. The van der Waals surface area contributed by atoms with E-state index in [1.54, 1.807) is 12.1 Å². The second-order valence-electron chi connectivity index (χ2n) is 4.49. The van der Waals surface area contributed by atoms with Crippen molar-refractivity contribution in [3.05, 3.63) is 48.1 Å². The molecule has 1 aromatic rings. The van der Waals surface area contributed by atoms with Gasteiger partial charge in [-0.2, -0.15) is 0 Å². The Hall–Kier alpha value is -0.970. The molecule has 1 heterocycles. The highest BCUT2D eigenvalue weighted by Crippen LogP contribution is 2.27. The Morgan fingerprint density at radius 1 is 1.32 bits per heavy atom. The molecule has 1 aliphatic rings. The molecule has 0 unspecified atom stereocenters. The highest BCUT2D eigenvalue weighted by molar-refractivity contribution is 5.85. The molecule has 1 saturated heterocycles. The summed E-state index contributed by atoms with van der Waals surface area (Å²) in [4.78, 5) is 2.22. The van der Waals surface area contributed by atoms with Gasteiger partial charge in [-0.25, -0.2) is 8.78 Å². The first-order chi connectivity index (χ1) is 8.72. The van der Waals surface area contributed by atoms with E-state index >= 15 is 0 Å². The lowest BCUT2D eigenvalue weighted by Crippen LogP contribution is -2.45. The van der Waals surface area contributed by atoms with Gasteiger partial charge in [0, 0.05) is 43.9 Å². The standard InChI is InChI=1S/C14H18F2N2.ClH/c1-2-3-14(18-8-6-17-7-9-18)12-5-4-11(15)10-13(12)16;/h2,4-5,10,14,17H,1,3,6-9H2;1H/t14-;/m1./s1. The van der Waals surface area contributed by atoms with Gasteiger partial charge in [0.25, 0.3) is 0 Å². The highest BCUT2D eigenvalue weighted by Gasteiger charge is 2.23. The molecule has 0 spiro atoms. The molecule has 0 aromatic heterocycles. The minimum absolute atomic E-state index is 0. The van der Waals surface area contributed by atoms with Crippen molar-refractivity contribution >= 4 is 12.4 Å². The average molecular weight is 289 g/mol. The van der Waals surface area contributed by atoms with E-state index in [9.17, 15) is 8.78 Å². The molecule has 0 amide bonds. The maximum Gasteiger partial charge on any atom is 0.130 e. The van der Waals surface area contributed by atoms with E-state index in [0.717, 1.165) is 32.2 Å². The van der Waals surface area contributed by atoms with Crippen molar-refractivity contribution in [3.8, 4) is 0 Å². The van der Waals surface area contributed by atoms with E-state index in [1.165, 1.54) is 6.07 Å². The number of piperazine rings is 1. The van der Waals surface area contributed by atoms with Crippen LogP contribution in [0.3, 0.4) is 0 Å². The molecule has 5 heteroatoms. The zero-order chi connectivity index (χ0) is 13.0. The van der Waals surface area contributed by atoms with Crippen LogP contribution in [-0.2, 0) is 0 Å². The number of hydrogen-bond acceptors (Lipinski definition) is 2. The third-order valence-electron chi connectivity index (χ3n) is 3.30. The molecule has 1 atom stereocenters. The monoisotopic (exact) mass is 288 g/mol. The minimum Gasteiger partial charge on any atom is -0.314 e. The number of hydrogen-bond donors (Lipinski definition) is 1. The Labute approximate surface area is 118 Å². The van der Waals surface area contributed by atoms with Crippen LogP contribution in [-0.4, -0.2) is 31.1 Å². The molecular formula is C14H19ClF2N2. The molecule has 2 nitrogen and oxygen atoms in total. The Bertz CT molecular complexity index is 420. The number of rotatable bonds is 4. The molecule has 1 aromatic carbocycles. The smallest absolute Gasteiger partial charge is 0.130 e. The normalized spacial score (nSPS) is 17.6. The van der Waals surface area contributed by atoms with Crippen molar-refractivity contribution in [2.75, 3.05) is 26.2 Å². The molecule has 0 radical (unpaired) electrons. The van der Waals surface area contributed by atoms with Gasteiger partial charge in [0.2, 0.25) is 0 Å². The molecule has 0 bridgehead atoms. The number of nitrogens with one attached hydrogen (secondary N) is 1. The Balaban J connectivity index is 0.00000180. The van der Waals surface area contributed by atoms with Crippen LogP contribution in [0.2, 0.25) is 0 Å². The lowest BCUT2D eigenvalue weighted by molar-refractivity contribution is 0.171. The Morgan fingerprint density at radius 3 is 2.58 bits per heavy atom. The van der Waals surface area contributed by atoms with Crippen LogP contribution in [0.25, 0.3) is 0 Å². The van der Waals surface area contributed by atoms with Crippen molar-refractivity contribution in [2.24, 2.45) is 0 Å². The molecule has 1 N–H and O–H groups in total. The van der Waals surface area contributed by atoms with Crippen LogP contribution < -0.4 is 5.32 Å². The van der Waals surface area contributed by atoms with E-state index in [2.05, 4.69) is 16.8 Å². The lowest BCUT2D eigenvalue weighted by atomic mass is 10.0. The summed E-state index contributed by atoms with van der Waals surface area (Å²) in [6, 6.07) is 3.76. The van der Waals surface area contributed by atoms with Crippen LogP contribution in [0.4, 0.5) is 8.78 Å². The predicted molar refractivity (Wildman–Crippen MR) is 75.6 cm³/mol. The maximum atomic E-state index is 13.9. The van der Waals surface area contributed by atoms with Gasteiger partial charge < -0.3 is 5.32 Å². The van der Waals surface area contributed by atoms with E-state index in [0.29, 0.717) is 12.0 Å². The van der Waals surface area contributed by atoms with Crippen LogP contribution in [0.5, 0.6) is 0 Å². The highest BCUT2D eigenvalue weighted by atomic mass is 35.5. The molecule has 0 aliphatic carbocycles. The van der Waals surface area contributed by atoms with Gasteiger partial charge in [-0.05, 0) is 12.5 Å². The topological polar surface area (TPSA) is 15.3 Å². The van der Waals surface area contributed by atoms with Gasteiger partial charge in [-0.15, -0.1) is 19.0 Å². The summed E-state index contributed by atoms with van der Waals surface area (Å²) >= 11 is 0. The number of benzene rings is 1. The van der Waals surface area contributed by atoms with Crippen LogP contribution in [0.15, 0.2) is 30.9 Å². The summed E-state index contributed by atoms with van der Waals surface area (Å²) in [7, 11) is 0. The fourth-order valence-electron chi connectivity index (χ4n) is 2.40. The zero-order valence-electron chi connectivity index (χ0n) is 10.7. The van der Waals surface area contributed by atoms with Crippen molar-refractivity contribution in [1.82, 2.24) is 10.2 Å². The Morgan fingerprint density at radius 2 is 2.00 bits per heavy atom. The second kappa shape index (κ2) is 7.58. The van der Waals surface area contributed by atoms with Crippen LogP contribution in [0.1, 0.15) is 18.0 Å². The van der Waals surface area contributed by atoms with Crippen molar-refractivity contribution < 1.29 is 8.78 Å². The summed E-state index contributed by atoms with van der Waals surface area (Å²) in [6.07, 6.45) is 2.46. The first kappa shape index (κ1) is 16.1. The van der Waals surface area contributed by atoms with Gasteiger partial charge in [-0.1, -0.05) is 12.1 Å². The second-order valence-corrected chi connectivity index (χ2v) is 4.49. The third-order valence-corrected chi connectivity index (χ3v) is 3.30. The van der Waals surface area contributed by atoms with E-state index in [-0.39, 0.29) is 18.4 Å². The maximum absolute atomic E-state index is 13.9. The minimum atomic E-state index is -0.533. The molecule has 1 aliphatic heterocycles. The first-order valence-electron chi connectivity index (χ1n) is 6.23. The van der Waals surface area contributed by atoms with Crippen molar-refractivity contribution in [2.45, 2.75) is 12.5 Å². The van der Waals surface area contributed by atoms with Gasteiger partial charge >= 0.3 is 0 Å². The Kier molecular flexibility index (Phi) is 6.42. The molecule has 19 heavy (non-hydrogen) atoms. The first-order valence-corrected chi connectivity index (χ1v) is 6.23. The van der Waals surface area contributed by atoms with Crippen LogP contribution in [0, 0.1) is 11.6 Å². The van der Waals surface area contributed by atoms with Gasteiger partial charge in [-0.3, -0.25) is 4.90 Å². The summed E-state index contributed by atoms with van der Waals surface area (Å²) in [5, 5.41) is 3.27. The summed E-state index contributed by atoms with van der Waals surface area (Å²) in [5.74, 6) is -1.01.